The predicted molar refractivity (Wildman–Crippen MR) is 37.7 cm³/mol. The van der Waals surface area contributed by atoms with Crippen LogP contribution in [-0.2, 0) is 4.74 Å². The Balaban J connectivity index is 5.01. The highest BCUT2D eigenvalue weighted by Gasteiger charge is 2.54. The number of carboxylic acid groups (broad SMARTS) is 1. The fraction of sp³-hybridized carbons (Fsp3) is 0.667. The second kappa shape index (κ2) is 4.64. The molecule has 0 aromatic heterocycles. The molecule has 0 aliphatic rings. The third-order valence-electron chi connectivity index (χ3n) is 1.12. The maximum atomic E-state index is 10.1. The van der Waals surface area contributed by atoms with Crippen molar-refractivity contribution in [3.05, 3.63) is 30.3 Å². The molecule has 0 aliphatic carbocycles. The first-order valence-electron chi connectivity index (χ1n) is 3.07. The van der Waals surface area contributed by atoms with Crippen LogP contribution in [0, 0.1) is 30.3 Å². The molecule has 0 aromatic rings. The summed E-state index contributed by atoms with van der Waals surface area (Å²) in [4.78, 5) is 35.3. The van der Waals surface area contributed by atoms with E-state index in [9.17, 15) is 35.1 Å². The lowest BCUT2D eigenvalue weighted by molar-refractivity contribution is -0.797. The fourth-order valence-electron chi connectivity index (χ4n) is 0.601. The summed E-state index contributed by atoms with van der Waals surface area (Å²) in [5.41, 5.74) is 0. The highest BCUT2D eigenvalue weighted by molar-refractivity contribution is 5.56. The monoisotopic (exact) mass is 225 g/mol. The summed E-state index contributed by atoms with van der Waals surface area (Å²) in [7, 11) is 0. The van der Waals surface area contributed by atoms with E-state index < -0.39 is 33.3 Å². The molecule has 1 N–H and O–H groups in total. The number of hydrogen-bond donors (Lipinski definition) is 1. The molecule has 0 aliphatic heterocycles. The zero-order valence-corrected chi connectivity index (χ0v) is 6.71. The van der Waals surface area contributed by atoms with Crippen LogP contribution in [0.3, 0.4) is 0 Å². The van der Waals surface area contributed by atoms with Crippen LogP contribution < -0.4 is 0 Å². The number of nitro groups is 3. The summed E-state index contributed by atoms with van der Waals surface area (Å²) < 4.78 is 3.43. The molecule has 0 radical (unpaired) electrons. The van der Waals surface area contributed by atoms with Crippen molar-refractivity contribution in [2.24, 2.45) is 0 Å². The lowest BCUT2D eigenvalue weighted by Crippen LogP contribution is -2.47. The predicted octanol–water partition coefficient (Wildman–Crippen LogP) is -0.837. The van der Waals surface area contributed by atoms with Crippen molar-refractivity contribution in [2.75, 3.05) is 0 Å². The van der Waals surface area contributed by atoms with E-state index in [0.717, 1.165) is 0 Å². The first kappa shape index (κ1) is 12.5. The summed E-state index contributed by atoms with van der Waals surface area (Å²) in [6.45, 7) is 0. The van der Waals surface area contributed by atoms with Crippen molar-refractivity contribution in [2.45, 2.75) is 12.4 Å². The molecule has 15 heavy (non-hydrogen) atoms. The van der Waals surface area contributed by atoms with E-state index in [-0.39, 0.29) is 0 Å². The standard InChI is InChI=1S/C3H3N3O9/c7-3(8)15-2(6(13)14)1(4(9)10)5(11)12/h1-2H,(H,7,8). The average Bonchev–Trinajstić information content (AvgIpc) is 2.00. The van der Waals surface area contributed by atoms with Gasteiger partial charge in [0, 0.05) is 0 Å². The van der Waals surface area contributed by atoms with Crippen LogP contribution in [0.15, 0.2) is 0 Å². The Labute approximate surface area is 79.5 Å². The maximum absolute atomic E-state index is 10.1. The Morgan fingerprint density at radius 2 is 1.47 bits per heavy atom. The molecule has 12 heteroatoms. The van der Waals surface area contributed by atoms with Crippen molar-refractivity contribution < 1.29 is 29.4 Å². The van der Waals surface area contributed by atoms with Gasteiger partial charge in [0.2, 0.25) is 0 Å². The molecule has 1 unspecified atom stereocenters. The summed E-state index contributed by atoms with van der Waals surface area (Å²) in [6.07, 6.45) is -8.07. The van der Waals surface area contributed by atoms with Gasteiger partial charge in [-0.25, -0.2) is 4.79 Å². The highest BCUT2D eigenvalue weighted by atomic mass is 16.7. The summed E-state index contributed by atoms with van der Waals surface area (Å²) in [5.74, 6) is 0. The molecule has 12 nitrogen and oxygen atoms in total. The average molecular weight is 225 g/mol. The van der Waals surface area contributed by atoms with E-state index in [1.54, 1.807) is 0 Å². The van der Waals surface area contributed by atoms with Gasteiger partial charge in [0.25, 0.3) is 0 Å². The minimum atomic E-state index is -2.98. The van der Waals surface area contributed by atoms with Gasteiger partial charge in [-0.15, -0.1) is 0 Å². The zero-order chi connectivity index (χ0) is 12.2. The molecular weight excluding hydrogens is 222 g/mol. The quantitative estimate of drug-likeness (QED) is 0.270. The summed E-state index contributed by atoms with van der Waals surface area (Å²) >= 11 is 0. The fourth-order valence-corrected chi connectivity index (χ4v) is 0.601. The van der Waals surface area contributed by atoms with E-state index in [1.165, 1.54) is 0 Å². The lowest BCUT2D eigenvalue weighted by atomic mass is 10.4. The van der Waals surface area contributed by atoms with Gasteiger partial charge >= 0.3 is 18.5 Å². The number of carbonyl (C=O) groups is 1. The van der Waals surface area contributed by atoms with Gasteiger partial charge in [0.05, 0.1) is 4.92 Å². The maximum Gasteiger partial charge on any atom is 0.553 e. The summed E-state index contributed by atoms with van der Waals surface area (Å²) in [6, 6.07) is 0. The van der Waals surface area contributed by atoms with E-state index in [4.69, 9.17) is 5.11 Å². The topological polar surface area (TPSA) is 176 Å². The van der Waals surface area contributed by atoms with Crippen molar-refractivity contribution in [3.63, 3.8) is 0 Å². The highest BCUT2D eigenvalue weighted by Crippen LogP contribution is 2.05. The number of rotatable bonds is 5. The van der Waals surface area contributed by atoms with Crippen LogP contribution in [0.4, 0.5) is 4.79 Å². The van der Waals surface area contributed by atoms with Crippen molar-refractivity contribution in [1.29, 1.82) is 0 Å². The molecule has 0 heterocycles. The Morgan fingerprint density at radius 3 is 1.67 bits per heavy atom. The molecule has 0 rings (SSSR count). The van der Waals surface area contributed by atoms with Crippen molar-refractivity contribution in [3.8, 4) is 0 Å². The molecule has 84 valence electrons. The van der Waals surface area contributed by atoms with Gasteiger partial charge in [-0.3, -0.25) is 30.3 Å². The van der Waals surface area contributed by atoms with E-state index in [1.807, 2.05) is 0 Å². The van der Waals surface area contributed by atoms with Gasteiger partial charge < -0.3 is 9.84 Å². The van der Waals surface area contributed by atoms with Crippen molar-refractivity contribution >= 4 is 6.16 Å². The molecule has 0 aromatic carbocycles. The van der Waals surface area contributed by atoms with E-state index >= 15 is 0 Å². The molecule has 0 saturated heterocycles. The number of nitrogens with zero attached hydrogens (tertiary/aromatic N) is 3. The molecule has 0 spiro atoms. The van der Waals surface area contributed by atoms with Crippen LogP contribution in [0.25, 0.3) is 0 Å². The third kappa shape index (κ3) is 3.37. The summed E-state index contributed by atoms with van der Waals surface area (Å²) in [5, 5.41) is 38.2. The lowest BCUT2D eigenvalue weighted by Gasteiger charge is -2.06. The SMILES string of the molecule is O=C(O)OC(C([N+](=O)[O-])[N+](=O)[O-])[N+](=O)[O-]. The van der Waals surface area contributed by atoms with Crippen LogP contribution in [0.2, 0.25) is 0 Å². The van der Waals surface area contributed by atoms with Gasteiger partial charge in [-0.1, -0.05) is 0 Å². The first-order chi connectivity index (χ1) is 6.77. The molecule has 0 amide bonds. The van der Waals surface area contributed by atoms with Gasteiger partial charge in [0.1, 0.15) is 9.85 Å². The normalized spacial score (nSPS) is 11.8. The van der Waals surface area contributed by atoms with Crippen LogP contribution >= 0.6 is 0 Å². The Morgan fingerprint density at radius 1 is 1.07 bits per heavy atom. The molecule has 0 bridgehead atoms. The van der Waals surface area contributed by atoms with Crippen LogP contribution in [0.1, 0.15) is 0 Å². The Bertz CT molecular complexity index is 298. The zero-order valence-electron chi connectivity index (χ0n) is 6.71. The smallest absolute Gasteiger partial charge is 0.450 e. The second-order valence-corrected chi connectivity index (χ2v) is 2.04. The third-order valence-corrected chi connectivity index (χ3v) is 1.12. The Hall–Kier alpha value is -2.53. The van der Waals surface area contributed by atoms with E-state index in [2.05, 4.69) is 4.74 Å². The van der Waals surface area contributed by atoms with Gasteiger partial charge in [-0.2, -0.15) is 0 Å². The largest absolute Gasteiger partial charge is 0.553 e. The Kier molecular flexibility index (Phi) is 3.85. The van der Waals surface area contributed by atoms with Crippen molar-refractivity contribution in [1.82, 2.24) is 0 Å². The molecule has 0 saturated carbocycles. The second-order valence-electron chi connectivity index (χ2n) is 2.04. The van der Waals surface area contributed by atoms with Gasteiger partial charge in [0.15, 0.2) is 0 Å². The molecular formula is C3H3N3O9. The van der Waals surface area contributed by atoms with E-state index in [0.29, 0.717) is 0 Å². The minimum Gasteiger partial charge on any atom is -0.450 e. The van der Waals surface area contributed by atoms with Crippen LogP contribution in [-0.4, -0.2) is 38.4 Å². The number of ether oxygens (including phenoxy) is 1. The number of hydrogen-bond acceptors (Lipinski definition) is 8. The first-order valence-corrected chi connectivity index (χ1v) is 3.07. The molecule has 1 atom stereocenters. The minimum absolute atomic E-state index is 1.57. The van der Waals surface area contributed by atoms with Crippen LogP contribution in [0.5, 0.6) is 0 Å². The van der Waals surface area contributed by atoms with Gasteiger partial charge in [-0.05, 0) is 0 Å². The molecule has 0 fully saturated rings.